The predicted molar refractivity (Wildman–Crippen MR) is 129 cm³/mol. The van der Waals surface area contributed by atoms with Crippen LogP contribution < -0.4 is 19.5 Å². The molecule has 3 rings (SSSR count). The molecule has 0 aliphatic rings. The number of nitrogens with zero attached hydrogens (tertiary/aromatic N) is 2. The number of methoxy groups -OCH3 is 3. The van der Waals surface area contributed by atoms with E-state index < -0.39 is 0 Å². The maximum atomic E-state index is 12.5. The van der Waals surface area contributed by atoms with Crippen LogP contribution in [0.15, 0.2) is 53.6 Å². The van der Waals surface area contributed by atoms with Crippen LogP contribution in [0.1, 0.15) is 12.0 Å². The minimum atomic E-state index is -0.216. The van der Waals surface area contributed by atoms with Crippen molar-refractivity contribution in [1.29, 1.82) is 5.26 Å². The molecule has 2 aromatic carbocycles. The zero-order valence-corrected chi connectivity index (χ0v) is 19.9. The van der Waals surface area contributed by atoms with Gasteiger partial charge in [-0.05, 0) is 42.5 Å². The minimum Gasteiger partial charge on any atom is -0.497 e. The summed E-state index contributed by atoms with van der Waals surface area (Å²) in [7, 11) is 4.61. The fourth-order valence-corrected chi connectivity index (χ4v) is 4.12. The highest BCUT2D eigenvalue weighted by atomic mass is 35.5. The van der Waals surface area contributed by atoms with E-state index in [4.69, 9.17) is 25.8 Å². The number of nitriles is 1. The van der Waals surface area contributed by atoms with Crippen molar-refractivity contribution in [2.75, 3.05) is 32.4 Å². The van der Waals surface area contributed by atoms with Crippen molar-refractivity contribution in [3.8, 4) is 34.6 Å². The molecule has 3 aromatic rings. The molecule has 0 unspecified atom stereocenters. The maximum absolute atomic E-state index is 12.5. The van der Waals surface area contributed by atoms with Crippen molar-refractivity contribution in [2.45, 2.75) is 11.4 Å². The Balaban J connectivity index is 1.67. The molecule has 7 nitrogen and oxygen atoms in total. The first-order valence-corrected chi connectivity index (χ1v) is 11.2. The van der Waals surface area contributed by atoms with Crippen molar-refractivity contribution in [3.63, 3.8) is 0 Å². The molecule has 9 heteroatoms. The second-order valence-electron chi connectivity index (χ2n) is 6.72. The SMILES string of the molecule is COc1ccc(-c2ccc(C#N)c(SCCC(=O)Nc3cc(Cl)c(OC)cc3OC)n2)cc1. The van der Waals surface area contributed by atoms with Gasteiger partial charge < -0.3 is 19.5 Å². The molecule has 0 aliphatic carbocycles. The number of thioether (sulfide) groups is 1. The monoisotopic (exact) mass is 483 g/mol. The number of nitrogens with one attached hydrogen (secondary N) is 1. The number of pyridine rings is 1. The average molecular weight is 484 g/mol. The van der Waals surface area contributed by atoms with E-state index >= 15 is 0 Å². The van der Waals surface area contributed by atoms with E-state index in [0.717, 1.165) is 17.0 Å². The minimum absolute atomic E-state index is 0.205. The lowest BCUT2D eigenvalue weighted by atomic mass is 10.1. The van der Waals surface area contributed by atoms with E-state index in [9.17, 15) is 10.1 Å². The average Bonchev–Trinajstić information content (AvgIpc) is 2.84. The highest BCUT2D eigenvalue weighted by Crippen LogP contribution is 2.36. The fraction of sp³-hybridized carbons (Fsp3) is 0.208. The second-order valence-corrected chi connectivity index (χ2v) is 8.21. The third-order valence-corrected chi connectivity index (χ3v) is 5.97. The molecule has 1 amide bonds. The van der Waals surface area contributed by atoms with Crippen LogP contribution in [-0.4, -0.2) is 38.0 Å². The predicted octanol–water partition coefficient (Wildman–Crippen LogP) is 5.42. The van der Waals surface area contributed by atoms with E-state index in [1.807, 2.05) is 24.3 Å². The van der Waals surface area contributed by atoms with Crippen LogP contribution in [-0.2, 0) is 4.79 Å². The van der Waals surface area contributed by atoms with Crippen molar-refractivity contribution in [3.05, 3.63) is 59.1 Å². The summed E-state index contributed by atoms with van der Waals surface area (Å²) in [6.07, 6.45) is 0.205. The highest BCUT2D eigenvalue weighted by Gasteiger charge is 2.14. The Morgan fingerprint density at radius 2 is 1.79 bits per heavy atom. The Kier molecular flexibility index (Phi) is 8.41. The Hall–Kier alpha value is -3.41. The molecule has 1 heterocycles. The molecular weight excluding hydrogens is 462 g/mol. The summed E-state index contributed by atoms with van der Waals surface area (Å²) in [4.78, 5) is 17.1. The van der Waals surface area contributed by atoms with Crippen molar-refractivity contribution < 1.29 is 19.0 Å². The molecule has 0 aliphatic heterocycles. The molecule has 0 saturated heterocycles. The van der Waals surface area contributed by atoms with Gasteiger partial charge in [-0.25, -0.2) is 4.98 Å². The third kappa shape index (κ3) is 6.09. The molecule has 33 heavy (non-hydrogen) atoms. The number of carbonyl (C=O) groups excluding carboxylic acids is 1. The smallest absolute Gasteiger partial charge is 0.225 e. The van der Waals surface area contributed by atoms with E-state index in [0.29, 0.717) is 38.6 Å². The van der Waals surface area contributed by atoms with Gasteiger partial charge in [-0.3, -0.25) is 4.79 Å². The van der Waals surface area contributed by atoms with Gasteiger partial charge in [0, 0.05) is 23.8 Å². The van der Waals surface area contributed by atoms with Gasteiger partial charge in [0.15, 0.2) is 0 Å². The van der Waals surface area contributed by atoms with Gasteiger partial charge >= 0.3 is 0 Å². The van der Waals surface area contributed by atoms with Crippen molar-refractivity contribution >= 4 is 35.0 Å². The normalized spacial score (nSPS) is 10.3. The maximum Gasteiger partial charge on any atom is 0.225 e. The molecule has 0 bridgehead atoms. The lowest BCUT2D eigenvalue weighted by Gasteiger charge is -2.13. The standard InChI is InChI=1S/C24H22ClN3O4S/c1-30-17-7-4-15(5-8-17)19-9-6-16(14-26)24(28-19)33-11-10-23(29)27-20-12-18(25)21(31-2)13-22(20)32-3/h4-9,12-13H,10-11H2,1-3H3,(H,27,29). The number of hydrogen-bond acceptors (Lipinski definition) is 7. The lowest BCUT2D eigenvalue weighted by Crippen LogP contribution is -2.13. The number of carbonyl (C=O) groups is 1. The zero-order chi connectivity index (χ0) is 23.8. The summed E-state index contributed by atoms with van der Waals surface area (Å²) in [5.74, 6) is 1.87. The molecule has 170 valence electrons. The van der Waals surface area contributed by atoms with Crippen LogP contribution in [0.2, 0.25) is 5.02 Å². The highest BCUT2D eigenvalue weighted by molar-refractivity contribution is 7.99. The van der Waals surface area contributed by atoms with Gasteiger partial charge in [0.05, 0.1) is 43.3 Å². The number of aromatic nitrogens is 1. The topological polar surface area (TPSA) is 93.5 Å². The Morgan fingerprint density at radius 3 is 2.42 bits per heavy atom. The van der Waals surface area contributed by atoms with E-state index in [2.05, 4.69) is 16.4 Å². The van der Waals surface area contributed by atoms with Crippen molar-refractivity contribution in [2.24, 2.45) is 0 Å². The van der Waals surface area contributed by atoms with Gasteiger partial charge in [0.2, 0.25) is 5.91 Å². The number of anilines is 1. The number of rotatable bonds is 9. The van der Waals surface area contributed by atoms with Gasteiger partial charge in [-0.1, -0.05) is 11.6 Å². The van der Waals surface area contributed by atoms with Gasteiger partial charge in [-0.2, -0.15) is 5.26 Å². The first kappa shape index (κ1) is 24.2. The molecule has 0 fully saturated rings. The summed E-state index contributed by atoms with van der Waals surface area (Å²) in [6, 6.07) is 16.4. The van der Waals surface area contributed by atoms with Crippen LogP contribution in [0, 0.1) is 11.3 Å². The van der Waals surface area contributed by atoms with Gasteiger partial charge in [0.1, 0.15) is 28.3 Å². The number of benzene rings is 2. The summed E-state index contributed by atoms with van der Waals surface area (Å²) in [5, 5.41) is 13.2. The second kappa shape index (κ2) is 11.5. The zero-order valence-electron chi connectivity index (χ0n) is 18.3. The molecule has 1 aromatic heterocycles. The molecular formula is C24H22ClN3O4S. The first-order chi connectivity index (χ1) is 16.0. The number of halogens is 1. The first-order valence-electron chi connectivity index (χ1n) is 9.88. The number of hydrogen-bond donors (Lipinski definition) is 1. The van der Waals surface area contributed by atoms with Gasteiger partial charge in [0.25, 0.3) is 0 Å². The van der Waals surface area contributed by atoms with Crippen LogP contribution in [0.5, 0.6) is 17.2 Å². The van der Waals surface area contributed by atoms with E-state index in [-0.39, 0.29) is 12.3 Å². The fourth-order valence-electron chi connectivity index (χ4n) is 2.97. The van der Waals surface area contributed by atoms with Crippen LogP contribution in [0.4, 0.5) is 5.69 Å². The van der Waals surface area contributed by atoms with E-state index in [1.165, 1.54) is 26.0 Å². The Bertz CT molecular complexity index is 1180. The lowest BCUT2D eigenvalue weighted by molar-refractivity contribution is -0.115. The van der Waals surface area contributed by atoms with E-state index in [1.54, 1.807) is 31.4 Å². The molecule has 0 radical (unpaired) electrons. The summed E-state index contributed by atoms with van der Waals surface area (Å²) < 4.78 is 15.7. The van der Waals surface area contributed by atoms with Crippen molar-refractivity contribution in [1.82, 2.24) is 4.98 Å². The third-order valence-electron chi connectivity index (χ3n) is 4.68. The summed E-state index contributed by atoms with van der Waals surface area (Å²) in [5.41, 5.74) is 2.56. The molecule has 0 saturated carbocycles. The molecule has 0 atom stereocenters. The number of amides is 1. The van der Waals surface area contributed by atoms with Gasteiger partial charge in [-0.15, -0.1) is 11.8 Å². The number of ether oxygens (including phenoxy) is 3. The van der Waals surface area contributed by atoms with Crippen LogP contribution in [0.25, 0.3) is 11.3 Å². The largest absolute Gasteiger partial charge is 0.497 e. The Labute approximate surface area is 201 Å². The summed E-state index contributed by atoms with van der Waals surface area (Å²) >= 11 is 7.51. The Morgan fingerprint density at radius 1 is 1.06 bits per heavy atom. The molecule has 0 spiro atoms. The molecule has 1 N–H and O–H groups in total. The quantitative estimate of drug-likeness (QED) is 0.406. The summed E-state index contributed by atoms with van der Waals surface area (Å²) in [6.45, 7) is 0. The van der Waals surface area contributed by atoms with Crippen LogP contribution in [0.3, 0.4) is 0 Å². The van der Waals surface area contributed by atoms with Crippen LogP contribution >= 0.6 is 23.4 Å².